The largest absolute Gasteiger partial charge is 0.497 e. The number of benzene rings is 1. The molecule has 23 heavy (non-hydrogen) atoms. The lowest BCUT2D eigenvalue weighted by atomic mass is 9.73. The van der Waals surface area contributed by atoms with Gasteiger partial charge in [0, 0.05) is 6.42 Å². The van der Waals surface area contributed by atoms with Gasteiger partial charge in [0.2, 0.25) is 0 Å². The van der Waals surface area contributed by atoms with Crippen LogP contribution in [0.4, 0.5) is 0 Å². The van der Waals surface area contributed by atoms with Gasteiger partial charge in [0.05, 0.1) is 34.0 Å². The van der Waals surface area contributed by atoms with Crippen LogP contribution in [0.2, 0.25) is 0 Å². The molecule has 0 radical (unpaired) electrons. The Labute approximate surface area is 135 Å². The summed E-state index contributed by atoms with van der Waals surface area (Å²) >= 11 is 0. The van der Waals surface area contributed by atoms with E-state index in [-0.39, 0.29) is 13.0 Å². The first-order valence-electron chi connectivity index (χ1n) is 7.10. The van der Waals surface area contributed by atoms with Gasteiger partial charge in [-0.05, 0) is 23.3 Å². The molecule has 1 heterocycles. The normalized spacial score (nSPS) is 19.8. The Bertz CT molecular complexity index is 574. The Balaban J connectivity index is 2.37. The topological polar surface area (TPSA) is 71.1 Å². The van der Waals surface area contributed by atoms with E-state index >= 15 is 0 Å². The van der Waals surface area contributed by atoms with Crippen molar-refractivity contribution in [2.45, 2.75) is 12.5 Å². The van der Waals surface area contributed by atoms with E-state index in [0.29, 0.717) is 11.3 Å². The molecule has 0 saturated carbocycles. The van der Waals surface area contributed by atoms with Gasteiger partial charge in [0.1, 0.15) is 5.75 Å². The molecule has 124 valence electrons. The first kappa shape index (κ1) is 17.0. The summed E-state index contributed by atoms with van der Waals surface area (Å²) < 4.78 is 20.5. The lowest BCUT2D eigenvalue weighted by Crippen LogP contribution is -2.47. The van der Waals surface area contributed by atoms with Gasteiger partial charge in [0.15, 0.2) is 5.41 Å². The minimum absolute atomic E-state index is 0.0703. The van der Waals surface area contributed by atoms with Crippen LogP contribution in [0, 0.1) is 5.41 Å². The Kier molecular flexibility index (Phi) is 5.05. The Morgan fingerprint density at radius 3 is 2.17 bits per heavy atom. The van der Waals surface area contributed by atoms with Crippen LogP contribution in [-0.2, 0) is 23.8 Å². The molecule has 0 bridgehead atoms. The summed E-state index contributed by atoms with van der Waals surface area (Å²) in [5, 5.41) is 0. The van der Waals surface area contributed by atoms with Crippen molar-refractivity contribution in [3.05, 3.63) is 42.0 Å². The van der Waals surface area contributed by atoms with Crippen molar-refractivity contribution in [2.24, 2.45) is 5.41 Å². The third-order valence-corrected chi connectivity index (χ3v) is 4.11. The number of esters is 2. The molecule has 1 saturated heterocycles. The van der Waals surface area contributed by atoms with Crippen LogP contribution in [0.1, 0.15) is 18.1 Å². The van der Waals surface area contributed by atoms with E-state index < -0.39 is 23.5 Å². The average Bonchev–Trinajstić information content (AvgIpc) is 2.61. The van der Waals surface area contributed by atoms with Gasteiger partial charge < -0.3 is 18.9 Å². The summed E-state index contributed by atoms with van der Waals surface area (Å²) in [6, 6.07) is 7.24. The SMILES string of the molecule is C=C1COC(c2ccc(OC)cc2)CC1(C(=O)OC)C(=O)OC. The summed E-state index contributed by atoms with van der Waals surface area (Å²) in [6.45, 7) is 3.88. The molecule has 1 aliphatic rings. The maximum atomic E-state index is 12.3. The summed E-state index contributed by atoms with van der Waals surface area (Å²) in [4.78, 5) is 24.6. The van der Waals surface area contributed by atoms with E-state index in [1.165, 1.54) is 14.2 Å². The van der Waals surface area contributed by atoms with E-state index in [1.54, 1.807) is 19.2 Å². The lowest BCUT2D eigenvalue weighted by Gasteiger charge is -2.38. The zero-order valence-electron chi connectivity index (χ0n) is 13.5. The monoisotopic (exact) mass is 320 g/mol. The number of rotatable bonds is 4. The number of ether oxygens (including phenoxy) is 4. The molecule has 1 atom stereocenters. The third-order valence-electron chi connectivity index (χ3n) is 4.11. The molecule has 6 nitrogen and oxygen atoms in total. The lowest BCUT2D eigenvalue weighted by molar-refractivity contribution is -0.172. The maximum absolute atomic E-state index is 12.3. The standard InChI is InChI=1S/C17H20O6/c1-11-10-23-14(12-5-7-13(20-2)8-6-12)9-17(11,15(18)21-3)16(19)22-4/h5-8,14H,1,9-10H2,2-4H3. The van der Waals surface area contributed by atoms with Crippen LogP contribution < -0.4 is 4.74 Å². The molecule has 1 unspecified atom stereocenters. The Morgan fingerprint density at radius 1 is 1.13 bits per heavy atom. The van der Waals surface area contributed by atoms with Crippen molar-refractivity contribution in [3.8, 4) is 5.75 Å². The van der Waals surface area contributed by atoms with Gasteiger partial charge in [-0.2, -0.15) is 0 Å². The average molecular weight is 320 g/mol. The molecule has 0 aliphatic carbocycles. The van der Waals surface area contributed by atoms with Crippen LogP contribution in [0.25, 0.3) is 0 Å². The first-order chi connectivity index (χ1) is 11.0. The van der Waals surface area contributed by atoms with Gasteiger partial charge in [-0.15, -0.1) is 0 Å². The summed E-state index contributed by atoms with van der Waals surface area (Å²) in [5.41, 5.74) is -0.386. The van der Waals surface area contributed by atoms with Gasteiger partial charge in [-0.1, -0.05) is 18.7 Å². The number of carbonyl (C=O) groups excluding carboxylic acids is 2. The van der Waals surface area contributed by atoms with Crippen LogP contribution >= 0.6 is 0 Å². The van der Waals surface area contributed by atoms with Crippen molar-refractivity contribution < 1.29 is 28.5 Å². The van der Waals surface area contributed by atoms with Gasteiger partial charge in [0.25, 0.3) is 0 Å². The molecule has 1 aromatic rings. The first-order valence-corrected chi connectivity index (χ1v) is 7.10. The molecule has 0 amide bonds. The summed E-state index contributed by atoms with van der Waals surface area (Å²) in [5.74, 6) is -0.659. The fourth-order valence-electron chi connectivity index (χ4n) is 2.73. The van der Waals surface area contributed by atoms with Crippen molar-refractivity contribution in [1.82, 2.24) is 0 Å². The highest BCUT2D eigenvalue weighted by atomic mass is 16.5. The zero-order valence-corrected chi connectivity index (χ0v) is 13.5. The van der Waals surface area contributed by atoms with E-state index in [4.69, 9.17) is 18.9 Å². The van der Waals surface area contributed by atoms with Crippen molar-refractivity contribution >= 4 is 11.9 Å². The molecule has 6 heteroatoms. The summed E-state index contributed by atoms with van der Waals surface area (Å²) in [6.07, 6.45) is -0.373. The van der Waals surface area contributed by atoms with Crippen molar-refractivity contribution in [3.63, 3.8) is 0 Å². The molecule has 0 aromatic heterocycles. The molecule has 1 fully saturated rings. The third kappa shape index (κ3) is 2.94. The predicted molar refractivity (Wildman–Crippen MR) is 81.9 cm³/mol. The van der Waals surface area contributed by atoms with Crippen LogP contribution in [-0.4, -0.2) is 39.9 Å². The van der Waals surface area contributed by atoms with E-state index in [1.807, 2.05) is 12.1 Å². The second-order valence-electron chi connectivity index (χ2n) is 5.27. The number of methoxy groups -OCH3 is 3. The van der Waals surface area contributed by atoms with E-state index in [9.17, 15) is 9.59 Å². The van der Waals surface area contributed by atoms with Gasteiger partial charge in [-0.25, -0.2) is 0 Å². The second kappa shape index (κ2) is 6.83. The fourth-order valence-corrected chi connectivity index (χ4v) is 2.73. The number of carbonyl (C=O) groups is 2. The molecular weight excluding hydrogens is 300 g/mol. The molecule has 1 aromatic carbocycles. The van der Waals surface area contributed by atoms with E-state index in [0.717, 1.165) is 5.56 Å². The Hall–Kier alpha value is -2.34. The molecule has 0 spiro atoms. The smallest absolute Gasteiger partial charge is 0.327 e. The van der Waals surface area contributed by atoms with Crippen LogP contribution in [0.15, 0.2) is 36.4 Å². The van der Waals surface area contributed by atoms with Gasteiger partial charge in [-0.3, -0.25) is 9.59 Å². The highest BCUT2D eigenvalue weighted by Gasteiger charge is 2.54. The van der Waals surface area contributed by atoms with Crippen LogP contribution in [0.3, 0.4) is 0 Å². The molecule has 2 rings (SSSR count). The minimum Gasteiger partial charge on any atom is -0.497 e. The maximum Gasteiger partial charge on any atom is 0.327 e. The van der Waals surface area contributed by atoms with Gasteiger partial charge >= 0.3 is 11.9 Å². The van der Waals surface area contributed by atoms with Crippen LogP contribution in [0.5, 0.6) is 5.75 Å². The minimum atomic E-state index is -1.55. The van der Waals surface area contributed by atoms with Crippen molar-refractivity contribution in [1.29, 1.82) is 0 Å². The predicted octanol–water partition coefficient (Wildman–Crippen LogP) is 2.05. The number of hydrogen-bond donors (Lipinski definition) is 0. The van der Waals surface area contributed by atoms with E-state index in [2.05, 4.69) is 6.58 Å². The quantitative estimate of drug-likeness (QED) is 0.480. The second-order valence-corrected chi connectivity index (χ2v) is 5.27. The summed E-state index contributed by atoms with van der Waals surface area (Å²) in [7, 11) is 4.05. The Morgan fingerprint density at radius 2 is 1.70 bits per heavy atom. The molecule has 1 aliphatic heterocycles. The zero-order chi connectivity index (χ0) is 17.0. The van der Waals surface area contributed by atoms with Crippen molar-refractivity contribution in [2.75, 3.05) is 27.9 Å². The molecule has 0 N–H and O–H groups in total. The molecular formula is C17H20O6. The number of hydrogen-bond acceptors (Lipinski definition) is 6. The fraction of sp³-hybridized carbons (Fsp3) is 0.412. The highest BCUT2D eigenvalue weighted by molar-refractivity contribution is 6.03. The highest BCUT2D eigenvalue weighted by Crippen LogP contribution is 2.45.